The maximum Gasteiger partial charge on any atom is 0.276 e. The molecule has 1 aliphatic rings. The number of carbonyl (C=O) groups excluding carboxylic acids is 2. The van der Waals surface area contributed by atoms with Crippen LogP contribution in [0.3, 0.4) is 0 Å². The van der Waals surface area contributed by atoms with Crippen molar-refractivity contribution in [3.63, 3.8) is 0 Å². The molecule has 0 atom stereocenters. The van der Waals surface area contributed by atoms with E-state index in [4.69, 9.17) is 0 Å². The lowest BCUT2D eigenvalue weighted by Crippen LogP contribution is -2.47. The van der Waals surface area contributed by atoms with Gasteiger partial charge in [-0.15, -0.1) is 0 Å². The number of aromatic nitrogens is 6. The monoisotopic (exact) mass is 304 g/mol. The first-order chi connectivity index (χ1) is 10.7. The Morgan fingerprint density at radius 2 is 1.73 bits per heavy atom. The minimum atomic E-state index is -0.171. The van der Waals surface area contributed by atoms with Gasteiger partial charge in [0.2, 0.25) is 0 Å². The summed E-state index contributed by atoms with van der Waals surface area (Å²) >= 11 is 0. The standard InChI is InChI=1S/C12H16N8O2/c1-19(11(21)9-6-13-17-15-9)8-2-4-20(5-3-8)12(22)10-7-14-18-16-10/h6-8H,2-5H2,1H3,(H,13,15,17)(H,14,16,18). The third-order valence-electron chi connectivity index (χ3n) is 3.89. The molecule has 2 aromatic heterocycles. The third kappa shape index (κ3) is 2.67. The van der Waals surface area contributed by atoms with Crippen molar-refractivity contribution in [3.05, 3.63) is 23.8 Å². The number of hydrogen-bond acceptors (Lipinski definition) is 6. The molecule has 0 spiro atoms. The first-order valence-electron chi connectivity index (χ1n) is 6.95. The zero-order valence-corrected chi connectivity index (χ0v) is 12.1. The fourth-order valence-electron chi connectivity index (χ4n) is 2.57. The summed E-state index contributed by atoms with van der Waals surface area (Å²) in [5.41, 5.74) is 0.606. The topological polar surface area (TPSA) is 124 Å². The van der Waals surface area contributed by atoms with Gasteiger partial charge >= 0.3 is 0 Å². The minimum absolute atomic E-state index is 0.0746. The first kappa shape index (κ1) is 14.2. The van der Waals surface area contributed by atoms with E-state index in [1.807, 2.05) is 0 Å². The molecule has 10 heteroatoms. The van der Waals surface area contributed by atoms with Crippen molar-refractivity contribution < 1.29 is 9.59 Å². The highest BCUT2D eigenvalue weighted by Crippen LogP contribution is 2.18. The molecule has 3 heterocycles. The highest BCUT2D eigenvalue weighted by molar-refractivity contribution is 5.92. The van der Waals surface area contributed by atoms with Crippen LogP contribution in [0.15, 0.2) is 12.4 Å². The summed E-state index contributed by atoms with van der Waals surface area (Å²) in [5, 5.41) is 19.7. The average molecular weight is 304 g/mol. The van der Waals surface area contributed by atoms with Crippen LogP contribution < -0.4 is 0 Å². The van der Waals surface area contributed by atoms with Crippen molar-refractivity contribution in [2.24, 2.45) is 0 Å². The molecule has 1 fully saturated rings. The van der Waals surface area contributed by atoms with E-state index in [9.17, 15) is 9.59 Å². The van der Waals surface area contributed by atoms with E-state index in [1.165, 1.54) is 12.4 Å². The van der Waals surface area contributed by atoms with E-state index < -0.39 is 0 Å². The molecule has 10 nitrogen and oxygen atoms in total. The van der Waals surface area contributed by atoms with Gasteiger partial charge in [-0.1, -0.05) is 0 Å². The fraction of sp³-hybridized carbons (Fsp3) is 0.500. The second-order valence-electron chi connectivity index (χ2n) is 5.15. The predicted octanol–water partition coefficient (Wildman–Crippen LogP) is -0.700. The predicted molar refractivity (Wildman–Crippen MR) is 73.8 cm³/mol. The lowest BCUT2D eigenvalue weighted by Gasteiger charge is -2.36. The van der Waals surface area contributed by atoms with Gasteiger partial charge in [-0.3, -0.25) is 9.59 Å². The van der Waals surface area contributed by atoms with E-state index in [0.29, 0.717) is 37.3 Å². The van der Waals surface area contributed by atoms with Crippen LogP contribution in [0.4, 0.5) is 0 Å². The van der Waals surface area contributed by atoms with Gasteiger partial charge in [-0.05, 0) is 12.8 Å². The van der Waals surface area contributed by atoms with Gasteiger partial charge in [0.1, 0.15) is 0 Å². The molecule has 2 N–H and O–H groups in total. The van der Waals surface area contributed by atoms with Gasteiger partial charge in [0, 0.05) is 26.2 Å². The summed E-state index contributed by atoms with van der Waals surface area (Å²) < 4.78 is 0. The molecule has 0 aliphatic carbocycles. The number of nitrogens with zero attached hydrogens (tertiary/aromatic N) is 6. The van der Waals surface area contributed by atoms with Gasteiger partial charge in [-0.2, -0.15) is 30.8 Å². The number of likely N-dealkylation sites (tertiary alicyclic amines) is 1. The summed E-state index contributed by atoms with van der Waals surface area (Å²) in [6.07, 6.45) is 4.24. The Balaban J connectivity index is 1.57. The summed E-state index contributed by atoms with van der Waals surface area (Å²) in [6, 6.07) is 0.0746. The summed E-state index contributed by atoms with van der Waals surface area (Å²) in [4.78, 5) is 27.8. The summed E-state index contributed by atoms with van der Waals surface area (Å²) in [5.74, 6) is -0.312. The molecule has 22 heavy (non-hydrogen) atoms. The molecule has 116 valence electrons. The van der Waals surface area contributed by atoms with Crippen LogP contribution in [0.5, 0.6) is 0 Å². The number of carbonyl (C=O) groups is 2. The number of aromatic amines is 2. The fourth-order valence-corrected chi connectivity index (χ4v) is 2.57. The molecule has 3 rings (SSSR count). The molecule has 0 radical (unpaired) electrons. The molecular formula is C12H16N8O2. The Hall–Kier alpha value is -2.78. The Labute approximate surface area is 125 Å². The maximum absolute atomic E-state index is 12.2. The highest BCUT2D eigenvalue weighted by Gasteiger charge is 2.29. The number of rotatable bonds is 3. The average Bonchev–Trinajstić information content (AvgIpc) is 3.26. The number of amides is 2. The van der Waals surface area contributed by atoms with Crippen LogP contribution >= 0.6 is 0 Å². The number of nitrogens with one attached hydrogen (secondary N) is 2. The third-order valence-corrected chi connectivity index (χ3v) is 3.89. The molecule has 1 aliphatic heterocycles. The SMILES string of the molecule is CN(C(=O)c1cn[nH]n1)C1CCN(C(=O)c2cn[nH]n2)CC1. The number of H-pyrrole nitrogens is 2. The van der Waals surface area contributed by atoms with E-state index in [1.54, 1.807) is 16.8 Å². The largest absolute Gasteiger partial charge is 0.337 e. The number of piperidine rings is 1. The van der Waals surface area contributed by atoms with Gasteiger partial charge in [0.05, 0.1) is 12.4 Å². The van der Waals surface area contributed by atoms with Crippen molar-refractivity contribution >= 4 is 11.8 Å². The van der Waals surface area contributed by atoms with E-state index in [-0.39, 0.29) is 17.9 Å². The lowest BCUT2D eigenvalue weighted by molar-refractivity contribution is 0.0563. The van der Waals surface area contributed by atoms with E-state index in [2.05, 4.69) is 30.8 Å². The van der Waals surface area contributed by atoms with Gasteiger partial charge in [-0.25, -0.2) is 0 Å². The maximum atomic E-state index is 12.2. The Bertz CT molecular complexity index is 630. The Morgan fingerprint density at radius 1 is 1.14 bits per heavy atom. The second-order valence-corrected chi connectivity index (χ2v) is 5.15. The lowest BCUT2D eigenvalue weighted by atomic mass is 10.0. The number of hydrogen-bond donors (Lipinski definition) is 2. The van der Waals surface area contributed by atoms with Crippen molar-refractivity contribution in [1.82, 2.24) is 40.6 Å². The smallest absolute Gasteiger partial charge is 0.276 e. The van der Waals surface area contributed by atoms with Crippen LogP contribution in [0, 0.1) is 0 Å². The van der Waals surface area contributed by atoms with E-state index >= 15 is 0 Å². The Kier molecular flexibility index (Phi) is 3.81. The molecule has 0 aromatic carbocycles. The van der Waals surface area contributed by atoms with Crippen molar-refractivity contribution in [2.45, 2.75) is 18.9 Å². The van der Waals surface area contributed by atoms with Crippen molar-refractivity contribution in [3.8, 4) is 0 Å². The van der Waals surface area contributed by atoms with Crippen LogP contribution in [0.1, 0.15) is 33.8 Å². The Morgan fingerprint density at radius 3 is 2.27 bits per heavy atom. The zero-order valence-electron chi connectivity index (χ0n) is 12.1. The first-order valence-corrected chi connectivity index (χ1v) is 6.95. The van der Waals surface area contributed by atoms with Crippen LogP contribution in [-0.4, -0.2) is 78.6 Å². The van der Waals surface area contributed by atoms with Crippen LogP contribution in [0.25, 0.3) is 0 Å². The van der Waals surface area contributed by atoms with Crippen LogP contribution in [-0.2, 0) is 0 Å². The molecule has 0 unspecified atom stereocenters. The zero-order chi connectivity index (χ0) is 15.5. The minimum Gasteiger partial charge on any atom is -0.337 e. The second kappa shape index (κ2) is 5.92. The quantitative estimate of drug-likeness (QED) is 0.772. The summed E-state index contributed by atoms with van der Waals surface area (Å²) in [7, 11) is 1.75. The molecular weight excluding hydrogens is 288 g/mol. The normalized spacial score (nSPS) is 15.8. The molecule has 2 amide bonds. The van der Waals surface area contributed by atoms with E-state index in [0.717, 1.165) is 0 Å². The van der Waals surface area contributed by atoms with Gasteiger partial charge < -0.3 is 9.80 Å². The van der Waals surface area contributed by atoms with Crippen LogP contribution in [0.2, 0.25) is 0 Å². The summed E-state index contributed by atoms with van der Waals surface area (Å²) in [6.45, 7) is 1.15. The van der Waals surface area contributed by atoms with Crippen molar-refractivity contribution in [1.29, 1.82) is 0 Å². The van der Waals surface area contributed by atoms with Gasteiger partial charge in [0.15, 0.2) is 11.4 Å². The van der Waals surface area contributed by atoms with Crippen molar-refractivity contribution in [2.75, 3.05) is 20.1 Å². The highest BCUT2D eigenvalue weighted by atomic mass is 16.2. The molecule has 0 saturated carbocycles. The molecule has 2 aromatic rings. The molecule has 0 bridgehead atoms. The van der Waals surface area contributed by atoms with Gasteiger partial charge in [0.25, 0.3) is 11.8 Å². The molecule has 1 saturated heterocycles.